The Morgan fingerprint density at radius 1 is 1.05 bits per heavy atom. The highest BCUT2D eigenvalue weighted by Gasteiger charge is 2.22. The maximum absolute atomic E-state index is 12.2. The molecule has 2 rings (SSSR count). The molecule has 1 N–H and O–H groups in total. The monoisotopic (exact) mass is 396 g/mol. The summed E-state index contributed by atoms with van der Waals surface area (Å²) in [7, 11) is 0. The molecule has 112 valence electrons. The first-order valence-corrected chi connectivity index (χ1v) is 8.07. The SMILES string of the molecule is Cc1cc(C)c(-c2nc(C(C)(C)C)c(I)c(=O)[nH]2)cc1C. The second-order valence-corrected chi connectivity index (χ2v) is 7.66. The lowest BCUT2D eigenvalue weighted by Gasteiger charge is -2.20. The first kappa shape index (κ1) is 16.2. The molecule has 2 aromatic rings. The molecule has 0 fully saturated rings. The van der Waals surface area contributed by atoms with Gasteiger partial charge < -0.3 is 4.98 Å². The third-order valence-electron chi connectivity index (χ3n) is 3.67. The lowest BCUT2D eigenvalue weighted by molar-refractivity contribution is 0.562. The summed E-state index contributed by atoms with van der Waals surface area (Å²) in [5.41, 5.74) is 5.20. The predicted octanol–water partition coefficient (Wildman–Crippen LogP) is 4.26. The van der Waals surface area contributed by atoms with Gasteiger partial charge in [-0.15, -0.1) is 0 Å². The van der Waals surface area contributed by atoms with E-state index in [1.165, 1.54) is 11.1 Å². The normalized spacial score (nSPS) is 11.8. The van der Waals surface area contributed by atoms with Gasteiger partial charge in [-0.05, 0) is 66.1 Å². The van der Waals surface area contributed by atoms with Crippen molar-refractivity contribution < 1.29 is 0 Å². The third kappa shape index (κ3) is 3.20. The average Bonchev–Trinajstić information content (AvgIpc) is 2.35. The summed E-state index contributed by atoms with van der Waals surface area (Å²) in [4.78, 5) is 19.9. The van der Waals surface area contributed by atoms with Gasteiger partial charge in [-0.3, -0.25) is 4.79 Å². The second kappa shape index (κ2) is 5.55. The summed E-state index contributed by atoms with van der Waals surface area (Å²) in [6.45, 7) is 12.5. The van der Waals surface area contributed by atoms with Crippen molar-refractivity contribution in [2.45, 2.75) is 47.0 Å². The van der Waals surface area contributed by atoms with Crippen molar-refractivity contribution in [2.75, 3.05) is 0 Å². The Balaban J connectivity index is 2.75. The van der Waals surface area contributed by atoms with Crippen LogP contribution in [0.25, 0.3) is 11.4 Å². The Morgan fingerprint density at radius 2 is 1.62 bits per heavy atom. The molecule has 1 aromatic heterocycles. The molecular weight excluding hydrogens is 375 g/mol. The summed E-state index contributed by atoms with van der Waals surface area (Å²) < 4.78 is 0.672. The molecular formula is C17H21IN2O. The summed E-state index contributed by atoms with van der Waals surface area (Å²) in [5, 5.41) is 0. The number of aromatic amines is 1. The summed E-state index contributed by atoms with van der Waals surface area (Å²) >= 11 is 2.08. The van der Waals surface area contributed by atoms with Crippen LogP contribution in [0.3, 0.4) is 0 Å². The zero-order valence-corrected chi connectivity index (χ0v) is 15.5. The summed E-state index contributed by atoms with van der Waals surface area (Å²) in [6, 6.07) is 4.24. The van der Waals surface area contributed by atoms with E-state index in [4.69, 9.17) is 4.98 Å². The molecule has 4 heteroatoms. The van der Waals surface area contributed by atoms with Gasteiger partial charge in [0.15, 0.2) is 0 Å². The van der Waals surface area contributed by atoms with Crippen LogP contribution in [-0.4, -0.2) is 9.97 Å². The molecule has 0 aliphatic heterocycles. The van der Waals surface area contributed by atoms with E-state index < -0.39 is 0 Å². The van der Waals surface area contributed by atoms with Crippen LogP contribution in [0.2, 0.25) is 0 Å². The standard InChI is InChI=1S/C17H21IN2O/c1-9-7-11(3)12(8-10(9)2)15-19-14(17(4,5)6)13(18)16(21)20-15/h7-8H,1-6H3,(H,19,20,21). The molecule has 0 aliphatic carbocycles. The minimum atomic E-state index is -0.160. The Morgan fingerprint density at radius 3 is 2.19 bits per heavy atom. The lowest BCUT2D eigenvalue weighted by atomic mass is 9.91. The predicted molar refractivity (Wildman–Crippen MR) is 95.9 cm³/mol. The molecule has 3 nitrogen and oxygen atoms in total. The van der Waals surface area contributed by atoms with Crippen molar-refractivity contribution in [3.63, 3.8) is 0 Å². The van der Waals surface area contributed by atoms with Crippen LogP contribution in [0.5, 0.6) is 0 Å². The van der Waals surface area contributed by atoms with Gasteiger partial charge in [0.05, 0.1) is 5.69 Å². The molecule has 0 saturated heterocycles. The Hall–Kier alpha value is -1.17. The first-order valence-electron chi connectivity index (χ1n) is 7.00. The molecule has 0 saturated carbocycles. The van der Waals surface area contributed by atoms with E-state index in [1.54, 1.807) is 0 Å². The number of nitrogens with zero attached hydrogens (tertiary/aromatic N) is 1. The van der Waals surface area contributed by atoms with E-state index in [0.29, 0.717) is 9.39 Å². The molecule has 0 spiro atoms. The molecule has 0 amide bonds. The van der Waals surface area contributed by atoms with Gasteiger partial charge in [-0.2, -0.15) is 0 Å². The number of aromatic nitrogens is 2. The molecule has 0 aliphatic rings. The minimum absolute atomic E-state index is 0.0665. The van der Waals surface area contributed by atoms with E-state index in [-0.39, 0.29) is 11.0 Å². The number of hydrogen-bond acceptors (Lipinski definition) is 2. The summed E-state index contributed by atoms with van der Waals surface area (Å²) in [5.74, 6) is 0.658. The second-order valence-electron chi connectivity index (χ2n) is 6.58. The fourth-order valence-corrected chi connectivity index (χ4v) is 3.36. The fraction of sp³-hybridized carbons (Fsp3) is 0.412. The number of H-pyrrole nitrogens is 1. The maximum Gasteiger partial charge on any atom is 0.264 e. The van der Waals surface area contributed by atoms with Gasteiger partial charge in [-0.25, -0.2) is 4.98 Å². The Bertz CT molecular complexity index is 755. The van der Waals surface area contributed by atoms with E-state index in [2.05, 4.69) is 81.3 Å². The van der Waals surface area contributed by atoms with E-state index in [0.717, 1.165) is 16.8 Å². The molecule has 1 aromatic carbocycles. The van der Waals surface area contributed by atoms with Crippen molar-refractivity contribution in [3.05, 3.63) is 48.4 Å². The van der Waals surface area contributed by atoms with Crippen molar-refractivity contribution in [1.82, 2.24) is 9.97 Å². The summed E-state index contributed by atoms with van der Waals surface area (Å²) in [6.07, 6.45) is 0. The van der Waals surface area contributed by atoms with Gasteiger partial charge in [0.2, 0.25) is 0 Å². The number of rotatable bonds is 1. The highest BCUT2D eigenvalue weighted by molar-refractivity contribution is 14.1. The van der Waals surface area contributed by atoms with Crippen LogP contribution < -0.4 is 5.56 Å². The Labute approximate surface area is 139 Å². The topological polar surface area (TPSA) is 45.8 Å². The van der Waals surface area contributed by atoms with E-state index in [1.807, 2.05) is 0 Å². The number of aryl methyl sites for hydroxylation is 3. The van der Waals surface area contributed by atoms with Gasteiger partial charge in [0, 0.05) is 11.0 Å². The van der Waals surface area contributed by atoms with Crippen LogP contribution >= 0.6 is 22.6 Å². The first-order chi connectivity index (χ1) is 9.61. The number of hydrogen-bond donors (Lipinski definition) is 1. The molecule has 0 bridgehead atoms. The molecule has 21 heavy (non-hydrogen) atoms. The molecule has 1 heterocycles. The van der Waals surface area contributed by atoms with Crippen LogP contribution in [0.1, 0.15) is 43.2 Å². The lowest BCUT2D eigenvalue weighted by Crippen LogP contribution is -2.24. The quantitative estimate of drug-likeness (QED) is 0.732. The average molecular weight is 396 g/mol. The highest BCUT2D eigenvalue weighted by atomic mass is 127. The van der Waals surface area contributed by atoms with Crippen LogP contribution in [0, 0.1) is 24.3 Å². The van der Waals surface area contributed by atoms with Crippen molar-refractivity contribution >= 4 is 22.6 Å². The van der Waals surface area contributed by atoms with E-state index in [9.17, 15) is 4.79 Å². The smallest absolute Gasteiger partial charge is 0.264 e. The van der Waals surface area contributed by atoms with E-state index >= 15 is 0 Å². The highest BCUT2D eigenvalue weighted by Crippen LogP contribution is 2.27. The zero-order valence-electron chi connectivity index (χ0n) is 13.4. The van der Waals surface area contributed by atoms with Crippen LogP contribution in [0.15, 0.2) is 16.9 Å². The van der Waals surface area contributed by atoms with Crippen molar-refractivity contribution in [3.8, 4) is 11.4 Å². The molecule has 0 radical (unpaired) electrons. The third-order valence-corrected chi connectivity index (χ3v) is 4.67. The fourth-order valence-electron chi connectivity index (χ4n) is 2.30. The molecule has 0 unspecified atom stereocenters. The largest absolute Gasteiger partial charge is 0.306 e. The number of benzene rings is 1. The molecule has 0 atom stereocenters. The van der Waals surface area contributed by atoms with Gasteiger partial charge in [-0.1, -0.05) is 26.8 Å². The zero-order chi connectivity index (χ0) is 15.9. The van der Waals surface area contributed by atoms with Gasteiger partial charge in [0.1, 0.15) is 9.39 Å². The maximum atomic E-state index is 12.2. The van der Waals surface area contributed by atoms with Crippen molar-refractivity contribution in [2.24, 2.45) is 0 Å². The Kier molecular flexibility index (Phi) is 4.29. The van der Waals surface area contributed by atoms with Crippen molar-refractivity contribution in [1.29, 1.82) is 0 Å². The minimum Gasteiger partial charge on any atom is -0.306 e. The number of halogens is 1. The van der Waals surface area contributed by atoms with Gasteiger partial charge in [0.25, 0.3) is 5.56 Å². The van der Waals surface area contributed by atoms with Gasteiger partial charge >= 0.3 is 0 Å². The van der Waals surface area contributed by atoms with Crippen LogP contribution in [0.4, 0.5) is 0 Å². The van der Waals surface area contributed by atoms with Crippen LogP contribution in [-0.2, 0) is 5.41 Å². The number of nitrogens with one attached hydrogen (secondary N) is 1.